The fourth-order valence-corrected chi connectivity index (χ4v) is 1.84. The lowest BCUT2D eigenvalue weighted by molar-refractivity contribution is 0.836. The van der Waals surface area contributed by atoms with Gasteiger partial charge in [0, 0.05) is 25.3 Å². The average molecular weight is 233 g/mol. The molecule has 94 valence electrons. The molecule has 1 rings (SSSR count). The molecule has 0 atom stereocenters. The number of anilines is 1. The third kappa shape index (κ3) is 3.86. The van der Waals surface area contributed by atoms with Gasteiger partial charge in [-0.15, -0.1) is 6.58 Å². The molecule has 1 aromatic heterocycles. The highest BCUT2D eigenvalue weighted by Crippen LogP contribution is 2.16. The van der Waals surface area contributed by atoms with Crippen molar-refractivity contribution < 1.29 is 0 Å². The molecule has 3 nitrogen and oxygen atoms in total. The zero-order valence-electron chi connectivity index (χ0n) is 10.9. The molecule has 0 aliphatic carbocycles. The molecule has 17 heavy (non-hydrogen) atoms. The van der Waals surface area contributed by atoms with Crippen LogP contribution in [0.15, 0.2) is 24.8 Å². The first kappa shape index (κ1) is 13.7. The number of likely N-dealkylation sites (N-methyl/N-ethyl adjacent to an activating group) is 1. The molecule has 0 amide bonds. The summed E-state index contributed by atoms with van der Waals surface area (Å²) in [5.41, 5.74) is 8.02. The van der Waals surface area contributed by atoms with E-state index in [1.807, 2.05) is 6.08 Å². The second-order valence-corrected chi connectivity index (χ2v) is 4.11. The third-order valence-electron chi connectivity index (χ3n) is 2.72. The highest BCUT2D eigenvalue weighted by Gasteiger charge is 2.07. The first-order valence-corrected chi connectivity index (χ1v) is 6.30. The second-order valence-electron chi connectivity index (χ2n) is 4.11. The Morgan fingerprint density at radius 1 is 1.41 bits per heavy atom. The summed E-state index contributed by atoms with van der Waals surface area (Å²) in [5, 5.41) is 0. The largest absolute Gasteiger partial charge is 0.353 e. The Bertz CT molecular complexity index is 360. The van der Waals surface area contributed by atoms with Crippen LogP contribution in [-0.2, 0) is 13.0 Å². The van der Waals surface area contributed by atoms with Crippen LogP contribution in [0.4, 0.5) is 5.82 Å². The number of nitrogens with zero attached hydrogens (tertiary/aromatic N) is 2. The number of hydrogen-bond donors (Lipinski definition) is 1. The molecule has 0 unspecified atom stereocenters. The number of aryl methyl sites for hydroxylation is 1. The van der Waals surface area contributed by atoms with Gasteiger partial charge in [-0.2, -0.15) is 0 Å². The fourth-order valence-electron chi connectivity index (χ4n) is 1.84. The predicted octanol–water partition coefficient (Wildman–Crippen LogP) is 2.51. The van der Waals surface area contributed by atoms with E-state index >= 15 is 0 Å². The number of pyridine rings is 1. The maximum atomic E-state index is 5.73. The smallest absolute Gasteiger partial charge is 0.129 e. The Labute approximate surface area is 104 Å². The lowest BCUT2D eigenvalue weighted by atomic mass is 10.1. The highest BCUT2D eigenvalue weighted by molar-refractivity contribution is 5.43. The fraction of sp³-hybridized carbons (Fsp3) is 0.500. The van der Waals surface area contributed by atoms with E-state index < -0.39 is 0 Å². The van der Waals surface area contributed by atoms with Gasteiger partial charge in [0.15, 0.2) is 0 Å². The Balaban J connectivity index is 3.03. The van der Waals surface area contributed by atoms with Gasteiger partial charge in [0.05, 0.1) is 0 Å². The minimum Gasteiger partial charge on any atom is -0.353 e. The predicted molar refractivity (Wildman–Crippen MR) is 74.2 cm³/mol. The number of rotatable bonds is 7. The maximum Gasteiger partial charge on any atom is 0.129 e. The molecule has 2 N–H and O–H groups in total. The summed E-state index contributed by atoms with van der Waals surface area (Å²) in [6.07, 6.45) is 4.01. The molecule has 0 spiro atoms. The van der Waals surface area contributed by atoms with Crippen molar-refractivity contribution in [3.8, 4) is 0 Å². The SMILES string of the molecule is C=CCN(CC)c1cc(CN)cc(CCC)n1. The normalized spacial score (nSPS) is 10.3. The van der Waals surface area contributed by atoms with Crippen LogP contribution >= 0.6 is 0 Å². The molecule has 0 radical (unpaired) electrons. The standard InChI is InChI=1S/C14H23N3/c1-4-7-13-9-12(11-15)10-14(16-13)17(6-3)8-5-2/h5,9-10H,2,4,6-8,11,15H2,1,3H3. The topological polar surface area (TPSA) is 42.1 Å². The van der Waals surface area contributed by atoms with Crippen LogP contribution in [0.25, 0.3) is 0 Å². The molecule has 0 aliphatic heterocycles. The van der Waals surface area contributed by atoms with E-state index in [2.05, 4.69) is 42.4 Å². The van der Waals surface area contributed by atoms with Crippen LogP contribution in [-0.4, -0.2) is 18.1 Å². The minimum atomic E-state index is 0.567. The van der Waals surface area contributed by atoms with Crippen LogP contribution in [0.1, 0.15) is 31.5 Å². The van der Waals surface area contributed by atoms with E-state index in [0.29, 0.717) is 6.54 Å². The number of aromatic nitrogens is 1. The zero-order valence-corrected chi connectivity index (χ0v) is 10.9. The van der Waals surface area contributed by atoms with Crippen molar-refractivity contribution in [1.82, 2.24) is 4.98 Å². The van der Waals surface area contributed by atoms with Crippen molar-refractivity contribution in [2.75, 3.05) is 18.0 Å². The summed E-state index contributed by atoms with van der Waals surface area (Å²) in [7, 11) is 0. The molecular formula is C14H23N3. The molecule has 0 saturated carbocycles. The van der Waals surface area contributed by atoms with Crippen molar-refractivity contribution in [2.45, 2.75) is 33.2 Å². The molecule has 1 heterocycles. The number of hydrogen-bond acceptors (Lipinski definition) is 3. The Morgan fingerprint density at radius 3 is 2.71 bits per heavy atom. The van der Waals surface area contributed by atoms with Crippen molar-refractivity contribution >= 4 is 5.82 Å². The first-order chi connectivity index (χ1) is 8.24. The lowest BCUT2D eigenvalue weighted by Gasteiger charge is -2.21. The van der Waals surface area contributed by atoms with Crippen LogP contribution in [0.3, 0.4) is 0 Å². The summed E-state index contributed by atoms with van der Waals surface area (Å²) < 4.78 is 0. The van der Waals surface area contributed by atoms with Gasteiger partial charge in [-0.1, -0.05) is 19.4 Å². The zero-order chi connectivity index (χ0) is 12.7. The molecule has 0 fully saturated rings. The van der Waals surface area contributed by atoms with Gasteiger partial charge in [0.25, 0.3) is 0 Å². The quantitative estimate of drug-likeness (QED) is 0.736. The van der Waals surface area contributed by atoms with E-state index in [0.717, 1.165) is 43.0 Å². The summed E-state index contributed by atoms with van der Waals surface area (Å²) in [4.78, 5) is 6.88. The minimum absolute atomic E-state index is 0.567. The van der Waals surface area contributed by atoms with Crippen LogP contribution in [0.2, 0.25) is 0 Å². The van der Waals surface area contributed by atoms with E-state index in [9.17, 15) is 0 Å². The van der Waals surface area contributed by atoms with Crippen LogP contribution < -0.4 is 10.6 Å². The van der Waals surface area contributed by atoms with Gasteiger partial charge in [0.1, 0.15) is 5.82 Å². The summed E-state index contributed by atoms with van der Waals surface area (Å²) in [6.45, 7) is 10.4. The third-order valence-corrected chi connectivity index (χ3v) is 2.72. The highest BCUT2D eigenvalue weighted by atomic mass is 15.2. The Morgan fingerprint density at radius 2 is 2.18 bits per heavy atom. The van der Waals surface area contributed by atoms with E-state index in [-0.39, 0.29) is 0 Å². The van der Waals surface area contributed by atoms with Gasteiger partial charge in [-0.05, 0) is 31.0 Å². The molecule has 1 aromatic rings. The van der Waals surface area contributed by atoms with Gasteiger partial charge >= 0.3 is 0 Å². The van der Waals surface area contributed by atoms with Crippen molar-refractivity contribution in [2.24, 2.45) is 5.73 Å². The summed E-state index contributed by atoms with van der Waals surface area (Å²) >= 11 is 0. The van der Waals surface area contributed by atoms with Gasteiger partial charge in [0.2, 0.25) is 0 Å². The molecule has 0 aliphatic rings. The first-order valence-electron chi connectivity index (χ1n) is 6.30. The summed E-state index contributed by atoms with van der Waals surface area (Å²) in [5.74, 6) is 1.01. The van der Waals surface area contributed by atoms with Gasteiger partial charge < -0.3 is 10.6 Å². The van der Waals surface area contributed by atoms with Crippen LogP contribution in [0, 0.1) is 0 Å². The lowest BCUT2D eigenvalue weighted by Crippen LogP contribution is -2.24. The molecule has 0 bridgehead atoms. The molecule has 0 saturated heterocycles. The summed E-state index contributed by atoms with van der Waals surface area (Å²) in [6, 6.07) is 4.18. The molecular weight excluding hydrogens is 210 g/mol. The number of nitrogens with two attached hydrogens (primary N) is 1. The van der Waals surface area contributed by atoms with Crippen molar-refractivity contribution in [3.63, 3.8) is 0 Å². The van der Waals surface area contributed by atoms with E-state index in [1.54, 1.807) is 0 Å². The van der Waals surface area contributed by atoms with Gasteiger partial charge in [-0.25, -0.2) is 4.98 Å². The Hall–Kier alpha value is -1.35. The van der Waals surface area contributed by atoms with E-state index in [1.165, 1.54) is 0 Å². The Kier molecular flexibility index (Phi) is 5.70. The van der Waals surface area contributed by atoms with Crippen LogP contribution in [0.5, 0.6) is 0 Å². The maximum absolute atomic E-state index is 5.73. The average Bonchev–Trinajstić information content (AvgIpc) is 2.35. The molecule has 3 heteroatoms. The van der Waals surface area contributed by atoms with E-state index in [4.69, 9.17) is 5.73 Å². The molecule has 0 aromatic carbocycles. The monoisotopic (exact) mass is 233 g/mol. The van der Waals surface area contributed by atoms with Crippen molar-refractivity contribution in [1.29, 1.82) is 0 Å². The van der Waals surface area contributed by atoms with Gasteiger partial charge in [-0.3, -0.25) is 0 Å². The van der Waals surface area contributed by atoms with Crippen molar-refractivity contribution in [3.05, 3.63) is 36.0 Å². The second kappa shape index (κ2) is 7.07.